The van der Waals surface area contributed by atoms with Crippen molar-refractivity contribution in [3.63, 3.8) is 0 Å². The van der Waals surface area contributed by atoms with Crippen molar-refractivity contribution >= 4 is 58.8 Å². The van der Waals surface area contributed by atoms with Crippen molar-refractivity contribution in [3.05, 3.63) is 76.7 Å². The van der Waals surface area contributed by atoms with Gasteiger partial charge in [0.15, 0.2) is 0 Å². The standard InChI is InChI=1S/C26H24ClN5O8/c1-3-39-26(37)15-4-6-16(7-5-15)30-23(34)22(33)28-13-18-9-10-19(40-18)14-29-32-25(36)24(35)31-17-8-11-21(38-2)20(27)12-17/h4-12,14H,3,13H2,1-2H3,(H,28,33)(H,30,34)(H,31,35)(H,32,36)/b29-14+. The Kier molecular flexibility index (Phi) is 10.4. The average molecular weight is 570 g/mol. The smallest absolute Gasteiger partial charge is 0.338 e. The zero-order valence-corrected chi connectivity index (χ0v) is 22.0. The van der Waals surface area contributed by atoms with Crippen LogP contribution >= 0.6 is 11.6 Å². The number of anilines is 2. The van der Waals surface area contributed by atoms with E-state index in [1.807, 2.05) is 0 Å². The fourth-order valence-electron chi connectivity index (χ4n) is 3.04. The third kappa shape index (κ3) is 8.43. The van der Waals surface area contributed by atoms with Gasteiger partial charge in [0.05, 0.1) is 37.1 Å². The van der Waals surface area contributed by atoms with E-state index in [0.717, 1.165) is 6.21 Å². The van der Waals surface area contributed by atoms with E-state index in [1.54, 1.807) is 6.92 Å². The zero-order valence-electron chi connectivity index (χ0n) is 21.3. The van der Waals surface area contributed by atoms with Crippen LogP contribution in [0, 0.1) is 0 Å². The molecule has 3 rings (SSSR count). The Labute approximate surface area is 232 Å². The molecule has 13 nitrogen and oxygen atoms in total. The van der Waals surface area contributed by atoms with Crippen LogP contribution in [0.2, 0.25) is 5.02 Å². The number of methoxy groups -OCH3 is 1. The van der Waals surface area contributed by atoms with Crippen LogP contribution < -0.4 is 26.1 Å². The van der Waals surface area contributed by atoms with Crippen LogP contribution in [0.5, 0.6) is 5.75 Å². The van der Waals surface area contributed by atoms with Crippen molar-refractivity contribution in [1.82, 2.24) is 10.7 Å². The van der Waals surface area contributed by atoms with Gasteiger partial charge in [-0.25, -0.2) is 10.2 Å². The van der Waals surface area contributed by atoms with Gasteiger partial charge in [-0.3, -0.25) is 19.2 Å². The van der Waals surface area contributed by atoms with Gasteiger partial charge < -0.3 is 29.8 Å². The third-order valence-corrected chi connectivity index (χ3v) is 5.23. The first-order valence-corrected chi connectivity index (χ1v) is 12.0. The minimum atomic E-state index is -1.04. The number of nitrogens with zero attached hydrogens (tertiary/aromatic N) is 1. The molecule has 2 aromatic carbocycles. The van der Waals surface area contributed by atoms with Crippen molar-refractivity contribution in [3.8, 4) is 5.75 Å². The summed E-state index contributed by atoms with van der Waals surface area (Å²) in [6.07, 6.45) is 1.15. The highest BCUT2D eigenvalue weighted by molar-refractivity contribution is 6.40. The molecule has 0 radical (unpaired) electrons. The number of hydrazone groups is 1. The topological polar surface area (TPSA) is 177 Å². The molecule has 14 heteroatoms. The van der Waals surface area contributed by atoms with E-state index in [1.165, 1.54) is 61.7 Å². The molecular weight excluding hydrogens is 546 g/mol. The Morgan fingerprint density at radius 1 is 0.900 bits per heavy atom. The number of furan rings is 1. The summed E-state index contributed by atoms with van der Waals surface area (Å²) < 4.78 is 15.3. The number of hydrogen-bond donors (Lipinski definition) is 4. The van der Waals surface area contributed by atoms with Gasteiger partial charge >= 0.3 is 29.6 Å². The largest absolute Gasteiger partial charge is 0.495 e. The summed E-state index contributed by atoms with van der Waals surface area (Å²) in [5.74, 6) is -3.44. The monoisotopic (exact) mass is 569 g/mol. The Bertz CT molecular complexity index is 1440. The van der Waals surface area contributed by atoms with Gasteiger partial charge in [-0.2, -0.15) is 5.10 Å². The number of ether oxygens (including phenoxy) is 2. The van der Waals surface area contributed by atoms with Gasteiger partial charge in [-0.05, 0) is 61.5 Å². The molecule has 0 unspecified atom stereocenters. The minimum Gasteiger partial charge on any atom is -0.495 e. The second-order valence-corrected chi connectivity index (χ2v) is 8.15. The fraction of sp³-hybridized carbons (Fsp3) is 0.154. The lowest BCUT2D eigenvalue weighted by Gasteiger charge is -2.07. The molecule has 1 aromatic heterocycles. The molecule has 4 amide bonds. The number of halogens is 1. The number of carbonyl (C=O) groups excluding carboxylic acids is 5. The molecule has 0 atom stereocenters. The lowest BCUT2D eigenvalue weighted by Crippen LogP contribution is -2.34. The van der Waals surface area contributed by atoms with Gasteiger partial charge in [0, 0.05) is 11.4 Å². The van der Waals surface area contributed by atoms with Crippen LogP contribution in [0.25, 0.3) is 0 Å². The number of carbonyl (C=O) groups is 5. The van der Waals surface area contributed by atoms with Crippen LogP contribution in [0.4, 0.5) is 11.4 Å². The molecule has 4 N–H and O–H groups in total. The Morgan fingerprint density at radius 3 is 2.25 bits per heavy atom. The quantitative estimate of drug-likeness (QED) is 0.131. The summed E-state index contributed by atoms with van der Waals surface area (Å²) >= 11 is 5.99. The van der Waals surface area contributed by atoms with E-state index in [4.69, 9.17) is 25.5 Å². The predicted molar refractivity (Wildman–Crippen MR) is 144 cm³/mol. The molecule has 0 bridgehead atoms. The summed E-state index contributed by atoms with van der Waals surface area (Å²) in [6, 6.07) is 13.3. The molecule has 40 heavy (non-hydrogen) atoms. The van der Waals surface area contributed by atoms with E-state index in [0.29, 0.717) is 22.8 Å². The highest BCUT2D eigenvalue weighted by Crippen LogP contribution is 2.27. The summed E-state index contributed by atoms with van der Waals surface area (Å²) in [4.78, 5) is 59.9. The summed E-state index contributed by atoms with van der Waals surface area (Å²) in [5, 5.41) is 11.1. The Morgan fingerprint density at radius 2 is 1.57 bits per heavy atom. The van der Waals surface area contributed by atoms with Crippen LogP contribution in [-0.2, 0) is 30.5 Å². The van der Waals surface area contributed by atoms with Gasteiger partial charge in [0.25, 0.3) is 0 Å². The van der Waals surface area contributed by atoms with Gasteiger partial charge in [0.1, 0.15) is 17.3 Å². The lowest BCUT2D eigenvalue weighted by molar-refractivity contribution is -0.136. The average Bonchev–Trinajstić information content (AvgIpc) is 3.39. The zero-order chi connectivity index (χ0) is 29.1. The van der Waals surface area contributed by atoms with Crippen LogP contribution in [0.3, 0.4) is 0 Å². The molecule has 0 aliphatic rings. The van der Waals surface area contributed by atoms with Gasteiger partial charge in [-0.1, -0.05) is 11.6 Å². The Balaban J connectivity index is 1.43. The van der Waals surface area contributed by atoms with Crippen molar-refractivity contribution in [1.29, 1.82) is 0 Å². The second kappa shape index (κ2) is 14.1. The highest BCUT2D eigenvalue weighted by Gasteiger charge is 2.16. The summed E-state index contributed by atoms with van der Waals surface area (Å²) in [7, 11) is 1.45. The number of hydrogen-bond acceptors (Lipinski definition) is 9. The molecule has 0 aliphatic heterocycles. The molecule has 0 aliphatic carbocycles. The van der Waals surface area contributed by atoms with Gasteiger partial charge in [-0.15, -0.1) is 0 Å². The number of amides is 4. The Hall–Kier alpha value is -5.17. The first-order valence-electron chi connectivity index (χ1n) is 11.6. The first kappa shape index (κ1) is 29.4. The maximum absolute atomic E-state index is 12.1. The maximum atomic E-state index is 12.1. The molecule has 208 valence electrons. The third-order valence-electron chi connectivity index (χ3n) is 4.94. The van der Waals surface area contributed by atoms with Crippen LogP contribution in [0.15, 0.2) is 64.1 Å². The molecule has 0 fully saturated rings. The molecule has 0 spiro atoms. The van der Waals surface area contributed by atoms with Crippen molar-refractivity contribution < 1.29 is 37.9 Å². The minimum absolute atomic E-state index is 0.110. The normalized spacial score (nSPS) is 10.5. The van der Waals surface area contributed by atoms with Crippen LogP contribution in [0.1, 0.15) is 28.8 Å². The van der Waals surface area contributed by atoms with E-state index in [9.17, 15) is 24.0 Å². The molecule has 3 aromatic rings. The lowest BCUT2D eigenvalue weighted by atomic mass is 10.2. The van der Waals surface area contributed by atoms with Gasteiger partial charge in [0.2, 0.25) is 0 Å². The van der Waals surface area contributed by atoms with Crippen molar-refractivity contribution in [2.24, 2.45) is 5.10 Å². The van der Waals surface area contributed by atoms with Crippen molar-refractivity contribution in [2.45, 2.75) is 13.5 Å². The van der Waals surface area contributed by atoms with Crippen molar-refractivity contribution in [2.75, 3.05) is 24.4 Å². The van der Waals surface area contributed by atoms with Crippen LogP contribution in [-0.4, -0.2) is 49.5 Å². The fourth-order valence-corrected chi connectivity index (χ4v) is 3.29. The van der Waals surface area contributed by atoms with E-state index in [2.05, 4.69) is 26.5 Å². The SMILES string of the molecule is CCOC(=O)c1ccc(NC(=O)C(=O)NCc2ccc(/C=N/NC(=O)C(=O)Nc3ccc(OC)c(Cl)c3)o2)cc1. The maximum Gasteiger partial charge on any atom is 0.338 e. The first-order chi connectivity index (χ1) is 19.2. The number of benzene rings is 2. The number of esters is 1. The van der Waals surface area contributed by atoms with E-state index < -0.39 is 29.6 Å². The van der Waals surface area contributed by atoms with E-state index >= 15 is 0 Å². The molecule has 0 saturated heterocycles. The number of nitrogens with one attached hydrogen (secondary N) is 4. The summed E-state index contributed by atoms with van der Waals surface area (Å²) in [5.41, 5.74) is 2.96. The molecular formula is C26H24ClN5O8. The predicted octanol–water partition coefficient (Wildman–Crippen LogP) is 2.46. The summed E-state index contributed by atoms with van der Waals surface area (Å²) in [6.45, 7) is 1.81. The highest BCUT2D eigenvalue weighted by atomic mass is 35.5. The number of rotatable bonds is 9. The molecule has 1 heterocycles. The second-order valence-electron chi connectivity index (χ2n) is 7.74. The van der Waals surface area contributed by atoms with E-state index in [-0.39, 0.29) is 29.6 Å². The molecule has 0 saturated carbocycles.